The van der Waals surface area contributed by atoms with E-state index in [4.69, 9.17) is 4.74 Å². The van der Waals surface area contributed by atoms with E-state index in [0.29, 0.717) is 0 Å². The Kier molecular flexibility index (Phi) is 4.82. The van der Waals surface area contributed by atoms with Crippen molar-refractivity contribution in [1.82, 2.24) is 9.80 Å². The first-order valence-corrected chi connectivity index (χ1v) is 7.21. The molecule has 0 atom stereocenters. The van der Waals surface area contributed by atoms with Gasteiger partial charge in [-0.1, -0.05) is 22.0 Å². The number of piperazine rings is 1. The highest BCUT2D eigenvalue weighted by Crippen LogP contribution is 2.22. The molecular weight excluding hydrogens is 308 g/mol. The van der Waals surface area contributed by atoms with Crippen LogP contribution in [0.5, 0.6) is 5.75 Å². The Morgan fingerprint density at radius 2 is 2.00 bits per heavy atom. The van der Waals surface area contributed by atoms with E-state index in [0.717, 1.165) is 42.0 Å². The number of rotatable bonds is 3. The number of ether oxygens (including phenoxy) is 1. The number of amides is 1. The van der Waals surface area contributed by atoms with Crippen molar-refractivity contribution in [2.75, 3.05) is 39.8 Å². The molecule has 0 bridgehead atoms. The maximum atomic E-state index is 12.0. The summed E-state index contributed by atoms with van der Waals surface area (Å²) in [5.74, 6) is 0.823. The van der Waals surface area contributed by atoms with Crippen LogP contribution < -0.4 is 4.74 Å². The maximum absolute atomic E-state index is 12.0. The van der Waals surface area contributed by atoms with E-state index < -0.39 is 0 Å². The number of carbonyl (C=O) groups is 1. The minimum atomic E-state index is 0.0625. The molecule has 1 amide bonds. The quantitative estimate of drug-likeness (QED) is 0.850. The van der Waals surface area contributed by atoms with Crippen LogP contribution >= 0.6 is 15.9 Å². The zero-order chi connectivity index (χ0) is 13.8. The summed E-state index contributed by atoms with van der Waals surface area (Å²) >= 11 is 3.41. The Hall–Kier alpha value is -1.07. The summed E-state index contributed by atoms with van der Waals surface area (Å²) in [6.45, 7) is 5.53. The van der Waals surface area contributed by atoms with Crippen molar-refractivity contribution >= 4 is 21.8 Å². The Labute approximate surface area is 122 Å². The largest absolute Gasteiger partial charge is 0.483 e. The van der Waals surface area contributed by atoms with Crippen LogP contribution in [0.25, 0.3) is 0 Å². The Morgan fingerprint density at radius 3 is 2.68 bits per heavy atom. The van der Waals surface area contributed by atoms with Gasteiger partial charge in [0.05, 0.1) is 0 Å². The summed E-state index contributed by atoms with van der Waals surface area (Å²) in [5, 5.41) is 0. The summed E-state index contributed by atoms with van der Waals surface area (Å²) in [4.78, 5) is 16.1. The first-order valence-electron chi connectivity index (χ1n) is 6.41. The lowest BCUT2D eigenvalue weighted by Crippen LogP contribution is -2.48. The molecule has 1 aliphatic rings. The average Bonchev–Trinajstić information content (AvgIpc) is 2.40. The fraction of sp³-hybridized carbons (Fsp3) is 0.500. The van der Waals surface area contributed by atoms with Gasteiger partial charge in [-0.05, 0) is 31.7 Å². The third-order valence-electron chi connectivity index (χ3n) is 3.36. The molecule has 0 saturated carbocycles. The van der Waals surface area contributed by atoms with E-state index in [9.17, 15) is 4.79 Å². The van der Waals surface area contributed by atoms with Gasteiger partial charge in [-0.2, -0.15) is 0 Å². The van der Waals surface area contributed by atoms with Gasteiger partial charge >= 0.3 is 0 Å². The molecule has 1 aromatic carbocycles. The summed E-state index contributed by atoms with van der Waals surface area (Å²) in [6, 6.07) is 5.83. The van der Waals surface area contributed by atoms with Gasteiger partial charge in [0, 0.05) is 30.7 Å². The van der Waals surface area contributed by atoms with Gasteiger partial charge < -0.3 is 14.5 Å². The normalized spacial score (nSPS) is 16.5. The van der Waals surface area contributed by atoms with E-state index in [-0.39, 0.29) is 12.5 Å². The van der Waals surface area contributed by atoms with Crippen molar-refractivity contribution in [3.63, 3.8) is 0 Å². The van der Waals surface area contributed by atoms with Crippen molar-refractivity contribution < 1.29 is 9.53 Å². The van der Waals surface area contributed by atoms with Crippen LogP contribution in [0.1, 0.15) is 5.56 Å². The highest BCUT2D eigenvalue weighted by atomic mass is 79.9. The molecule has 1 aromatic rings. The molecule has 0 N–H and O–H groups in total. The lowest BCUT2D eigenvalue weighted by Gasteiger charge is -2.32. The van der Waals surface area contributed by atoms with Crippen LogP contribution in [0.2, 0.25) is 0 Å². The molecule has 1 saturated heterocycles. The van der Waals surface area contributed by atoms with Crippen LogP contribution in [0.4, 0.5) is 0 Å². The topological polar surface area (TPSA) is 32.8 Å². The molecule has 0 radical (unpaired) electrons. The van der Waals surface area contributed by atoms with Crippen molar-refractivity contribution in [3.8, 4) is 5.75 Å². The number of carbonyl (C=O) groups excluding carboxylic acids is 1. The number of likely N-dealkylation sites (N-methyl/N-ethyl adjacent to an activating group) is 1. The Morgan fingerprint density at radius 1 is 1.32 bits per heavy atom. The van der Waals surface area contributed by atoms with Gasteiger partial charge in [-0.25, -0.2) is 0 Å². The molecule has 1 fully saturated rings. The van der Waals surface area contributed by atoms with Gasteiger partial charge in [0.1, 0.15) is 5.75 Å². The van der Waals surface area contributed by atoms with Crippen molar-refractivity contribution in [2.24, 2.45) is 0 Å². The molecule has 1 heterocycles. The molecule has 104 valence electrons. The molecule has 5 heteroatoms. The third kappa shape index (κ3) is 3.94. The summed E-state index contributed by atoms with van der Waals surface area (Å²) < 4.78 is 6.58. The van der Waals surface area contributed by atoms with E-state index >= 15 is 0 Å². The summed E-state index contributed by atoms with van der Waals surface area (Å²) in [6.07, 6.45) is 0. The summed E-state index contributed by atoms with van der Waals surface area (Å²) in [5.41, 5.74) is 1.04. The van der Waals surface area contributed by atoms with Crippen LogP contribution in [-0.2, 0) is 4.79 Å². The lowest BCUT2D eigenvalue weighted by molar-refractivity contribution is -0.134. The van der Waals surface area contributed by atoms with Gasteiger partial charge in [-0.15, -0.1) is 0 Å². The Balaban J connectivity index is 1.88. The zero-order valence-corrected chi connectivity index (χ0v) is 12.9. The lowest BCUT2D eigenvalue weighted by atomic mass is 10.2. The molecule has 19 heavy (non-hydrogen) atoms. The SMILES string of the molecule is Cc1ccc(Br)cc1OCC(=O)N1CCN(C)CC1. The van der Waals surface area contributed by atoms with Gasteiger partial charge in [0.25, 0.3) is 5.91 Å². The van der Waals surface area contributed by atoms with Crippen molar-refractivity contribution in [1.29, 1.82) is 0 Å². The van der Waals surface area contributed by atoms with Gasteiger partial charge in [-0.3, -0.25) is 4.79 Å². The predicted octanol–water partition coefficient (Wildman–Crippen LogP) is 1.91. The van der Waals surface area contributed by atoms with E-state index in [2.05, 4.69) is 27.9 Å². The third-order valence-corrected chi connectivity index (χ3v) is 3.85. The van der Waals surface area contributed by atoms with Gasteiger partial charge in [0.15, 0.2) is 6.61 Å². The van der Waals surface area contributed by atoms with Gasteiger partial charge in [0.2, 0.25) is 0 Å². The predicted molar refractivity (Wildman–Crippen MR) is 78.5 cm³/mol. The van der Waals surface area contributed by atoms with Crippen LogP contribution in [-0.4, -0.2) is 55.5 Å². The highest BCUT2D eigenvalue weighted by molar-refractivity contribution is 9.10. The summed E-state index contributed by atoms with van der Waals surface area (Å²) in [7, 11) is 2.07. The smallest absolute Gasteiger partial charge is 0.260 e. The molecule has 4 nitrogen and oxygen atoms in total. The number of halogens is 1. The van der Waals surface area contributed by atoms with Crippen LogP contribution in [0.15, 0.2) is 22.7 Å². The first-order chi connectivity index (χ1) is 9.06. The maximum Gasteiger partial charge on any atom is 0.260 e. The minimum Gasteiger partial charge on any atom is -0.483 e. The van der Waals surface area contributed by atoms with Crippen LogP contribution in [0.3, 0.4) is 0 Å². The number of nitrogens with zero attached hydrogens (tertiary/aromatic N) is 2. The monoisotopic (exact) mass is 326 g/mol. The Bertz CT molecular complexity index is 457. The fourth-order valence-corrected chi connectivity index (χ4v) is 2.36. The standard InChI is InChI=1S/C14H19BrN2O2/c1-11-3-4-12(15)9-13(11)19-10-14(18)17-7-5-16(2)6-8-17/h3-4,9H,5-8,10H2,1-2H3. The first kappa shape index (κ1) is 14.3. The fourth-order valence-electron chi connectivity index (χ4n) is 2.02. The molecule has 0 aliphatic carbocycles. The molecule has 0 unspecified atom stereocenters. The molecule has 0 spiro atoms. The number of hydrogen-bond acceptors (Lipinski definition) is 3. The second-order valence-corrected chi connectivity index (χ2v) is 5.80. The van der Waals surface area contributed by atoms with E-state index in [1.165, 1.54) is 0 Å². The van der Waals surface area contributed by atoms with Crippen molar-refractivity contribution in [3.05, 3.63) is 28.2 Å². The second kappa shape index (κ2) is 6.39. The van der Waals surface area contributed by atoms with E-state index in [1.807, 2.05) is 30.0 Å². The van der Waals surface area contributed by atoms with Crippen molar-refractivity contribution in [2.45, 2.75) is 6.92 Å². The molecule has 2 rings (SSSR count). The highest BCUT2D eigenvalue weighted by Gasteiger charge is 2.19. The molecule has 1 aliphatic heterocycles. The molecule has 0 aromatic heterocycles. The minimum absolute atomic E-state index is 0.0625. The zero-order valence-electron chi connectivity index (χ0n) is 11.4. The number of hydrogen-bond donors (Lipinski definition) is 0. The molecular formula is C14H19BrN2O2. The average molecular weight is 327 g/mol. The number of benzene rings is 1. The van der Waals surface area contributed by atoms with E-state index in [1.54, 1.807) is 0 Å². The second-order valence-electron chi connectivity index (χ2n) is 4.88. The number of aryl methyl sites for hydroxylation is 1. The van der Waals surface area contributed by atoms with Crippen LogP contribution in [0, 0.1) is 6.92 Å².